The standard InChI is InChI=1S/C16H24ClNS/c1-3-19-16-9-8-15(11-16)18-12(2)10-13-4-6-14(17)7-5-13/h4-7,12,15-16,18H,3,8-11H2,1-2H3. The molecule has 0 amide bonds. The van der Waals surface area contributed by atoms with Crippen LogP contribution in [-0.2, 0) is 6.42 Å². The minimum Gasteiger partial charge on any atom is -0.311 e. The lowest BCUT2D eigenvalue weighted by Crippen LogP contribution is -2.36. The summed E-state index contributed by atoms with van der Waals surface area (Å²) in [6, 6.07) is 9.47. The van der Waals surface area contributed by atoms with Crippen molar-refractivity contribution in [2.75, 3.05) is 5.75 Å². The van der Waals surface area contributed by atoms with Crippen molar-refractivity contribution in [3.63, 3.8) is 0 Å². The lowest BCUT2D eigenvalue weighted by Gasteiger charge is -2.19. The van der Waals surface area contributed by atoms with Gasteiger partial charge in [-0.25, -0.2) is 0 Å². The molecule has 1 saturated carbocycles. The number of thioether (sulfide) groups is 1. The van der Waals surface area contributed by atoms with Crippen molar-refractivity contribution in [2.45, 2.75) is 56.9 Å². The Balaban J connectivity index is 1.75. The van der Waals surface area contributed by atoms with E-state index in [1.165, 1.54) is 30.6 Å². The van der Waals surface area contributed by atoms with Gasteiger partial charge in [-0.1, -0.05) is 30.7 Å². The Kier molecular flexibility index (Phi) is 6.06. The highest BCUT2D eigenvalue weighted by Gasteiger charge is 2.25. The van der Waals surface area contributed by atoms with E-state index in [0.29, 0.717) is 12.1 Å². The molecule has 1 aliphatic carbocycles. The lowest BCUT2D eigenvalue weighted by atomic mass is 10.1. The van der Waals surface area contributed by atoms with Gasteiger partial charge in [0.25, 0.3) is 0 Å². The first-order chi connectivity index (χ1) is 9.17. The van der Waals surface area contributed by atoms with Crippen LogP contribution in [0.15, 0.2) is 24.3 Å². The van der Waals surface area contributed by atoms with E-state index in [4.69, 9.17) is 11.6 Å². The Morgan fingerprint density at radius 1 is 1.32 bits per heavy atom. The number of nitrogens with one attached hydrogen (secondary N) is 1. The fourth-order valence-electron chi connectivity index (χ4n) is 2.91. The van der Waals surface area contributed by atoms with Crippen LogP contribution in [0.3, 0.4) is 0 Å². The first kappa shape index (κ1) is 15.2. The van der Waals surface area contributed by atoms with Gasteiger partial charge in [0.2, 0.25) is 0 Å². The van der Waals surface area contributed by atoms with E-state index in [1.54, 1.807) is 0 Å². The van der Waals surface area contributed by atoms with Crippen molar-refractivity contribution in [2.24, 2.45) is 0 Å². The molecule has 0 bridgehead atoms. The second-order valence-corrected chi connectivity index (χ2v) is 7.50. The second-order valence-electron chi connectivity index (χ2n) is 5.49. The first-order valence-electron chi connectivity index (χ1n) is 7.29. The van der Waals surface area contributed by atoms with E-state index >= 15 is 0 Å². The van der Waals surface area contributed by atoms with Crippen molar-refractivity contribution >= 4 is 23.4 Å². The zero-order valence-corrected chi connectivity index (χ0v) is 13.4. The average Bonchev–Trinajstić information content (AvgIpc) is 2.80. The van der Waals surface area contributed by atoms with E-state index < -0.39 is 0 Å². The summed E-state index contributed by atoms with van der Waals surface area (Å²) in [6.45, 7) is 4.55. The summed E-state index contributed by atoms with van der Waals surface area (Å²) in [5, 5.41) is 5.48. The van der Waals surface area contributed by atoms with Gasteiger partial charge < -0.3 is 5.32 Å². The Morgan fingerprint density at radius 2 is 2.05 bits per heavy atom. The van der Waals surface area contributed by atoms with Gasteiger partial charge >= 0.3 is 0 Å². The second kappa shape index (κ2) is 7.56. The SMILES string of the molecule is CCSC1CCC(NC(C)Cc2ccc(Cl)cc2)C1. The highest BCUT2D eigenvalue weighted by atomic mass is 35.5. The van der Waals surface area contributed by atoms with Crippen molar-refractivity contribution in [3.8, 4) is 0 Å². The van der Waals surface area contributed by atoms with Gasteiger partial charge in [-0.3, -0.25) is 0 Å². The summed E-state index contributed by atoms with van der Waals surface area (Å²) < 4.78 is 0. The normalized spacial score (nSPS) is 24.6. The Hall–Kier alpha value is -0.180. The highest BCUT2D eigenvalue weighted by Crippen LogP contribution is 2.30. The third-order valence-corrected chi connectivity index (χ3v) is 5.25. The summed E-state index contributed by atoms with van der Waals surface area (Å²) in [7, 11) is 0. The minimum absolute atomic E-state index is 0.538. The summed E-state index contributed by atoms with van der Waals surface area (Å²) in [5.41, 5.74) is 1.36. The zero-order chi connectivity index (χ0) is 13.7. The van der Waals surface area contributed by atoms with Gasteiger partial charge in [0, 0.05) is 22.4 Å². The molecule has 1 aliphatic rings. The van der Waals surface area contributed by atoms with Crippen molar-refractivity contribution in [1.29, 1.82) is 0 Å². The molecular weight excluding hydrogens is 274 g/mol. The molecule has 3 atom stereocenters. The quantitative estimate of drug-likeness (QED) is 0.827. The van der Waals surface area contributed by atoms with Crippen molar-refractivity contribution < 1.29 is 0 Å². The van der Waals surface area contributed by atoms with E-state index in [0.717, 1.165) is 16.7 Å². The van der Waals surface area contributed by atoms with Crippen molar-refractivity contribution in [3.05, 3.63) is 34.9 Å². The molecule has 1 N–H and O–H groups in total. The van der Waals surface area contributed by atoms with Gasteiger partial charge in [-0.2, -0.15) is 11.8 Å². The number of hydrogen-bond acceptors (Lipinski definition) is 2. The maximum Gasteiger partial charge on any atom is 0.0406 e. The van der Waals surface area contributed by atoms with E-state index in [2.05, 4.69) is 43.1 Å². The van der Waals surface area contributed by atoms with Crippen LogP contribution in [0.4, 0.5) is 0 Å². The average molecular weight is 298 g/mol. The Labute approximate surface area is 126 Å². The summed E-state index contributed by atoms with van der Waals surface area (Å²) >= 11 is 8.03. The van der Waals surface area contributed by atoms with Gasteiger partial charge in [0.05, 0.1) is 0 Å². The molecule has 19 heavy (non-hydrogen) atoms. The topological polar surface area (TPSA) is 12.0 Å². The molecule has 0 heterocycles. The van der Waals surface area contributed by atoms with Crippen LogP contribution in [0.1, 0.15) is 38.7 Å². The third kappa shape index (κ3) is 5.02. The van der Waals surface area contributed by atoms with Crippen LogP contribution in [0.2, 0.25) is 5.02 Å². The lowest BCUT2D eigenvalue weighted by molar-refractivity contribution is 0.449. The molecule has 0 saturated heterocycles. The van der Waals surface area contributed by atoms with Crippen LogP contribution in [0.5, 0.6) is 0 Å². The van der Waals surface area contributed by atoms with E-state index in [1.807, 2.05) is 12.1 Å². The van der Waals surface area contributed by atoms with Crippen LogP contribution >= 0.6 is 23.4 Å². The molecule has 1 aromatic rings. The molecule has 0 radical (unpaired) electrons. The number of halogens is 1. The van der Waals surface area contributed by atoms with Gasteiger partial charge in [0.15, 0.2) is 0 Å². The number of rotatable bonds is 6. The smallest absolute Gasteiger partial charge is 0.0406 e. The Morgan fingerprint density at radius 3 is 2.74 bits per heavy atom. The van der Waals surface area contributed by atoms with Crippen LogP contribution in [0.25, 0.3) is 0 Å². The number of benzene rings is 1. The molecule has 3 unspecified atom stereocenters. The molecule has 0 spiro atoms. The molecule has 1 nitrogen and oxygen atoms in total. The first-order valence-corrected chi connectivity index (χ1v) is 8.72. The Bertz CT molecular complexity index is 379. The summed E-state index contributed by atoms with van der Waals surface area (Å²) in [6.07, 6.45) is 5.13. The van der Waals surface area contributed by atoms with Gasteiger partial charge in [-0.05, 0) is 56.1 Å². The monoisotopic (exact) mass is 297 g/mol. The molecular formula is C16H24ClNS. The highest BCUT2D eigenvalue weighted by molar-refractivity contribution is 7.99. The van der Waals surface area contributed by atoms with Crippen molar-refractivity contribution in [1.82, 2.24) is 5.32 Å². The summed E-state index contributed by atoms with van der Waals surface area (Å²) in [5.74, 6) is 1.25. The largest absolute Gasteiger partial charge is 0.311 e. The molecule has 2 rings (SSSR count). The molecule has 1 aromatic carbocycles. The summed E-state index contributed by atoms with van der Waals surface area (Å²) in [4.78, 5) is 0. The molecule has 1 fully saturated rings. The van der Waals surface area contributed by atoms with Gasteiger partial charge in [-0.15, -0.1) is 0 Å². The maximum absolute atomic E-state index is 5.91. The van der Waals surface area contributed by atoms with Crippen LogP contribution in [-0.4, -0.2) is 23.1 Å². The fraction of sp³-hybridized carbons (Fsp3) is 0.625. The zero-order valence-electron chi connectivity index (χ0n) is 11.9. The van der Waals surface area contributed by atoms with E-state index in [-0.39, 0.29) is 0 Å². The molecule has 106 valence electrons. The molecule has 0 aromatic heterocycles. The van der Waals surface area contributed by atoms with Crippen LogP contribution in [0, 0.1) is 0 Å². The fourth-order valence-corrected chi connectivity index (χ4v) is 4.18. The third-order valence-electron chi connectivity index (χ3n) is 3.76. The van der Waals surface area contributed by atoms with Gasteiger partial charge in [0.1, 0.15) is 0 Å². The number of hydrogen-bond donors (Lipinski definition) is 1. The predicted octanol–water partition coefficient (Wildman–Crippen LogP) is 4.53. The van der Waals surface area contributed by atoms with E-state index in [9.17, 15) is 0 Å². The maximum atomic E-state index is 5.91. The molecule has 0 aliphatic heterocycles. The molecule has 3 heteroatoms. The predicted molar refractivity (Wildman–Crippen MR) is 87.3 cm³/mol. The minimum atomic E-state index is 0.538. The van der Waals surface area contributed by atoms with Crippen LogP contribution < -0.4 is 5.32 Å².